The van der Waals surface area contributed by atoms with Crippen molar-refractivity contribution in [3.63, 3.8) is 0 Å². The maximum atomic E-state index is 9.91. The van der Waals surface area contributed by atoms with Crippen LogP contribution in [0, 0.1) is 0 Å². The molecule has 2 rings (SSSR count). The molecule has 0 aliphatic heterocycles. The monoisotopic (exact) mass is 172 g/mol. The van der Waals surface area contributed by atoms with Crippen LogP contribution >= 0.6 is 0 Å². The van der Waals surface area contributed by atoms with Gasteiger partial charge in [0, 0.05) is 0 Å². The fourth-order valence-corrected chi connectivity index (χ4v) is 1.52. The zero-order chi connectivity index (χ0) is 9.10. The zero-order valence-electron chi connectivity index (χ0n) is 7.35. The minimum atomic E-state index is -0.434. The van der Waals surface area contributed by atoms with Gasteiger partial charge in [0.1, 0.15) is 6.10 Å². The molecule has 0 spiro atoms. The molecule has 1 aliphatic rings. The van der Waals surface area contributed by atoms with Crippen molar-refractivity contribution in [1.29, 1.82) is 0 Å². The van der Waals surface area contributed by atoms with E-state index in [1.807, 2.05) is 42.5 Å². The van der Waals surface area contributed by atoms with Gasteiger partial charge in [0.2, 0.25) is 0 Å². The lowest BCUT2D eigenvalue weighted by molar-refractivity contribution is 0.214. The number of aliphatic hydroxyl groups is 1. The van der Waals surface area contributed by atoms with Crippen LogP contribution in [0.1, 0.15) is 18.1 Å². The third kappa shape index (κ3) is 1.70. The van der Waals surface area contributed by atoms with E-state index in [1.165, 1.54) is 0 Å². The lowest BCUT2D eigenvalue weighted by atomic mass is 10.0. The van der Waals surface area contributed by atoms with Crippen LogP contribution < -0.4 is 0 Å². The van der Waals surface area contributed by atoms with Crippen molar-refractivity contribution < 1.29 is 5.11 Å². The van der Waals surface area contributed by atoms with Crippen LogP contribution in [-0.4, -0.2) is 5.11 Å². The molecule has 1 heteroatoms. The molecule has 0 unspecified atom stereocenters. The summed E-state index contributed by atoms with van der Waals surface area (Å²) in [7, 11) is 0. The molecule has 13 heavy (non-hydrogen) atoms. The van der Waals surface area contributed by atoms with Gasteiger partial charge in [0.05, 0.1) is 0 Å². The number of hydrogen-bond acceptors (Lipinski definition) is 1. The number of rotatable bonds is 2. The average molecular weight is 172 g/mol. The fraction of sp³-hybridized carbons (Fsp3) is 0.167. The molecule has 0 heterocycles. The summed E-state index contributed by atoms with van der Waals surface area (Å²) in [6.07, 6.45) is 6.47. The summed E-state index contributed by atoms with van der Waals surface area (Å²) in [5.41, 5.74) is 2.05. The number of hydrogen-bond donors (Lipinski definition) is 1. The second kappa shape index (κ2) is 3.58. The minimum Gasteiger partial charge on any atom is -0.384 e. The summed E-state index contributed by atoms with van der Waals surface area (Å²) < 4.78 is 0. The maximum Gasteiger partial charge on any atom is 0.101 e. The van der Waals surface area contributed by atoms with Gasteiger partial charge in [-0.1, -0.05) is 48.6 Å². The Bertz CT molecular complexity index is 335. The fourth-order valence-electron chi connectivity index (χ4n) is 1.52. The van der Waals surface area contributed by atoms with Crippen molar-refractivity contribution in [3.8, 4) is 0 Å². The number of benzene rings is 1. The summed E-state index contributed by atoms with van der Waals surface area (Å²) in [5, 5.41) is 9.91. The molecule has 0 aromatic heterocycles. The summed E-state index contributed by atoms with van der Waals surface area (Å²) in [5.74, 6) is 0. The van der Waals surface area contributed by atoms with Crippen LogP contribution in [0.3, 0.4) is 0 Å². The molecule has 0 radical (unpaired) electrons. The van der Waals surface area contributed by atoms with Gasteiger partial charge in [-0.25, -0.2) is 0 Å². The van der Waals surface area contributed by atoms with Gasteiger partial charge in [0.15, 0.2) is 0 Å². The first-order chi connectivity index (χ1) is 6.38. The van der Waals surface area contributed by atoms with Crippen LogP contribution in [0.15, 0.2) is 54.1 Å². The average Bonchev–Trinajstić information content (AvgIpc) is 2.71. The number of aliphatic hydroxyl groups excluding tert-OH is 1. The molecule has 0 saturated heterocycles. The standard InChI is InChI=1S/C12H12O/c13-12(11-8-4-5-9-11)10-6-2-1-3-7-10/h1-8,12-13H,9H2/t12-/m1/s1. The van der Waals surface area contributed by atoms with Gasteiger partial charge in [0.25, 0.3) is 0 Å². The highest BCUT2D eigenvalue weighted by molar-refractivity contribution is 5.32. The molecule has 1 aliphatic carbocycles. The Labute approximate surface area is 78.0 Å². The molecular weight excluding hydrogens is 160 g/mol. The summed E-state index contributed by atoms with van der Waals surface area (Å²) in [4.78, 5) is 0. The molecule has 1 nitrogen and oxygen atoms in total. The van der Waals surface area contributed by atoms with Gasteiger partial charge in [-0.3, -0.25) is 0 Å². The minimum absolute atomic E-state index is 0.434. The molecule has 0 bridgehead atoms. The van der Waals surface area contributed by atoms with Crippen molar-refractivity contribution in [2.75, 3.05) is 0 Å². The normalized spacial score (nSPS) is 17.2. The quantitative estimate of drug-likeness (QED) is 0.727. The largest absolute Gasteiger partial charge is 0.384 e. The van der Waals surface area contributed by atoms with Gasteiger partial charge < -0.3 is 5.11 Å². The van der Waals surface area contributed by atoms with E-state index in [9.17, 15) is 5.11 Å². The first-order valence-corrected chi connectivity index (χ1v) is 4.46. The number of allylic oxidation sites excluding steroid dienone is 3. The molecule has 1 atom stereocenters. The van der Waals surface area contributed by atoms with Gasteiger partial charge in [-0.15, -0.1) is 0 Å². The topological polar surface area (TPSA) is 20.2 Å². The molecule has 0 amide bonds. The summed E-state index contributed by atoms with van der Waals surface area (Å²) in [6, 6.07) is 9.74. The molecule has 1 N–H and O–H groups in total. The molecule has 1 aromatic carbocycles. The highest BCUT2D eigenvalue weighted by Gasteiger charge is 2.12. The molecule has 0 fully saturated rings. The first kappa shape index (κ1) is 8.27. The van der Waals surface area contributed by atoms with E-state index in [-0.39, 0.29) is 0 Å². The molecule has 66 valence electrons. The molecular formula is C12H12O. The first-order valence-electron chi connectivity index (χ1n) is 4.46. The van der Waals surface area contributed by atoms with E-state index in [1.54, 1.807) is 0 Å². The lowest BCUT2D eigenvalue weighted by Crippen LogP contribution is -1.99. The third-order valence-electron chi connectivity index (χ3n) is 2.27. The Morgan fingerprint density at radius 1 is 1.15 bits per heavy atom. The Kier molecular flexibility index (Phi) is 2.28. The zero-order valence-corrected chi connectivity index (χ0v) is 7.35. The van der Waals surface area contributed by atoms with Crippen LogP contribution in [0.25, 0.3) is 0 Å². The molecule has 0 saturated carbocycles. The summed E-state index contributed by atoms with van der Waals surface area (Å²) >= 11 is 0. The van der Waals surface area contributed by atoms with Gasteiger partial charge in [-0.05, 0) is 17.6 Å². The van der Waals surface area contributed by atoms with Crippen LogP contribution in [0.4, 0.5) is 0 Å². The van der Waals surface area contributed by atoms with E-state index in [4.69, 9.17) is 0 Å². The predicted molar refractivity (Wildman–Crippen MR) is 53.2 cm³/mol. The smallest absolute Gasteiger partial charge is 0.101 e. The van der Waals surface area contributed by atoms with E-state index in [0.717, 1.165) is 17.6 Å². The Balaban J connectivity index is 2.18. The third-order valence-corrected chi connectivity index (χ3v) is 2.27. The predicted octanol–water partition coefficient (Wildman–Crippen LogP) is 2.61. The van der Waals surface area contributed by atoms with Crippen molar-refractivity contribution in [2.24, 2.45) is 0 Å². The second-order valence-corrected chi connectivity index (χ2v) is 3.19. The Morgan fingerprint density at radius 3 is 2.54 bits per heavy atom. The van der Waals surface area contributed by atoms with Crippen molar-refractivity contribution in [2.45, 2.75) is 12.5 Å². The highest BCUT2D eigenvalue weighted by atomic mass is 16.3. The summed E-state index contributed by atoms with van der Waals surface area (Å²) in [6.45, 7) is 0. The van der Waals surface area contributed by atoms with Crippen LogP contribution in [0.5, 0.6) is 0 Å². The van der Waals surface area contributed by atoms with Crippen molar-refractivity contribution in [3.05, 3.63) is 59.7 Å². The van der Waals surface area contributed by atoms with Gasteiger partial charge >= 0.3 is 0 Å². The SMILES string of the molecule is O[C@@H](C1=CC=CC1)c1ccccc1. The van der Waals surface area contributed by atoms with Gasteiger partial charge in [-0.2, -0.15) is 0 Å². The highest BCUT2D eigenvalue weighted by Crippen LogP contribution is 2.26. The van der Waals surface area contributed by atoms with Crippen molar-refractivity contribution >= 4 is 0 Å². The second-order valence-electron chi connectivity index (χ2n) is 3.19. The Hall–Kier alpha value is -1.34. The van der Waals surface area contributed by atoms with E-state index in [0.29, 0.717) is 0 Å². The maximum absolute atomic E-state index is 9.91. The Morgan fingerprint density at radius 2 is 1.92 bits per heavy atom. The van der Waals surface area contributed by atoms with Crippen LogP contribution in [-0.2, 0) is 0 Å². The molecule has 1 aromatic rings. The van der Waals surface area contributed by atoms with Crippen molar-refractivity contribution in [1.82, 2.24) is 0 Å². The van der Waals surface area contributed by atoms with E-state index in [2.05, 4.69) is 6.08 Å². The van der Waals surface area contributed by atoms with Crippen LogP contribution in [0.2, 0.25) is 0 Å². The van der Waals surface area contributed by atoms with E-state index < -0.39 is 6.10 Å². The lowest BCUT2D eigenvalue weighted by Gasteiger charge is -2.11. The van der Waals surface area contributed by atoms with E-state index >= 15 is 0 Å².